The summed E-state index contributed by atoms with van der Waals surface area (Å²) in [6.45, 7) is 4.90. The summed E-state index contributed by atoms with van der Waals surface area (Å²) in [5.41, 5.74) is 4.22. The fraction of sp³-hybridized carbons (Fsp3) is 0.565. The van der Waals surface area contributed by atoms with E-state index in [9.17, 15) is 9.90 Å². The van der Waals surface area contributed by atoms with E-state index in [0.717, 1.165) is 56.8 Å². The molecule has 30 heavy (non-hydrogen) atoms. The Morgan fingerprint density at radius 3 is 2.83 bits per heavy atom. The molecule has 2 aromatic rings. The SMILES string of the molecule is Cc1nc(N2CCC3(CC2)CC(O)CN(C(=O)c2cccnc2)C3)nc2c1CCC2. The largest absolute Gasteiger partial charge is 0.391 e. The maximum atomic E-state index is 12.9. The van der Waals surface area contributed by atoms with Gasteiger partial charge >= 0.3 is 0 Å². The van der Waals surface area contributed by atoms with Gasteiger partial charge < -0.3 is 14.9 Å². The highest BCUT2D eigenvalue weighted by atomic mass is 16.3. The van der Waals surface area contributed by atoms with E-state index < -0.39 is 6.10 Å². The van der Waals surface area contributed by atoms with Gasteiger partial charge in [0.15, 0.2) is 0 Å². The Kier molecular flexibility index (Phi) is 4.93. The number of aryl methyl sites for hydroxylation is 2. The van der Waals surface area contributed by atoms with Gasteiger partial charge in [0.25, 0.3) is 5.91 Å². The van der Waals surface area contributed by atoms with E-state index in [1.54, 1.807) is 24.5 Å². The number of carbonyl (C=O) groups is 1. The summed E-state index contributed by atoms with van der Waals surface area (Å²) in [6.07, 6.45) is 8.74. The van der Waals surface area contributed by atoms with Crippen LogP contribution in [0, 0.1) is 12.3 Å². The molecule has 1 aliphatic carbocycles. The van der Waals surface area contributed by atoms with Gasteiger partial charge in [0.2, 0.25) is 5.95 Å². The van der Waals surface area contributed by atoms with Gasteiger partial charge in [-0.15, -0.1) is 0 Å². The molecule has 1 spiro atoms. The summed E-state index contributed by atoms with van der Waals surface area (Å²) in [7, 11) is 0. The number of anilines is 1. The van der Waals surface area contributed by atoms with Crippen LogP contribution in [0.3, 0.4) is 0 Å². The lowest BCUT2D eigenvalue weighted by atomic mass is 9.71. The normalized spacial score (nSPS) is 22.9. The van der Waals surface area contributed by atoms with Crippen molar-refractivity contribution in [2.75, 3.05) is 31.1 Å². The maximum Gasteiger partial charge on any atom is 0.255 e. The Morgan fingerprint density at radius 2 is 2.07 bits per heavy atom. The third-order valence-corrected chi connectivity index (χ3v) is 7.06. The Morgan fingerprint density at radius 1 is 1.23 bits per heavy atom. The second-order valence-corrected chi connectivity index (χ2v) is 9.16. The van der Waals surface area contributed by atoms with Crippen LogP contribution in [0.4, 0.5) is 5.95 Å². The molecule has 0 aromatic carbocycles. The topological polar surface area (TPSA) is 82.5 Å². The molecule has 7 heteroatoms. The Balaban J connectivity index is 1.30. The first kappa shape index (κ1) is 19.4. The molecule has 1 N–H and O–H groups in total. The number of nitrogens with zero attached hydrogens (tertiary/aromatic N) is 5. The maximum absolute atomic E-state index is 12.9. The number of hydrogen-bond donors (Lipinski definition) is 1. The van der Waals surface area contributed by atoms with Gasteiger partial charge in [-0.25, -0.2) is 9.97 Å². The van der Waals surface area contributed by atoms with Crippen LogP contribution < -0.4 is 4.90 Å². The number of β-amino-alcohol motifs (C(OH)–C–C–N with tert-alkyl or cyclic N) is 1. The minimum absolute atomic E-state index is 0.0405. The fourth-order valence-corrected chi connectivity index (χ4v) is 5.47. The van der Waals surface area contributed by atoms with Gasteiger partial charge in [-0.3, -0.25) is 9.78 Å². The third kappa shape index (κ3) is 3.55. The zero-order chi connectivity index (χ0) is 20.7. The standard InChI is InChI=1S/C23H29N5O2/c1-16-19-5-2-6-20(19)26-22(25-16)27-10-7-23(8-11-27)12-18(29)14-28(15-23)21(30)17-4-3-9-24-13-17/h3-4,9,13,18,29H,2,5-8,10-12,14-15H2,1H3. The van der Waals surface area contributed by atoms with E-state index in [4.69, 9.17) is 9.97 Å². The van der Waals surface area contributed by atoms with E-state index >= 15 is 0 Å². The number of pyridine rings is 1. The highest BCUT2D eigenvalue weighted by Crippen LogP contribution is 2.41. The molecule has 158 valence electrons. The molecule has 0 bridgehead atoms. The number of aliphatic hydroxyl groups excluding tert-OH is 1. The van der Waals surface area contributed by atoms with Crippen LogP contribution in [0.25, 0.3) is 0 Å². The van der Waals surface area contributed by atoms with Gasteiger partial charge in [-0.2, -0.15) is 0 Å². The lowest BCUT2D eigenvalue weighted by Gasteiger charge is -2.49. The van der Waals surface area contributed by atoms with Gasteiger partial charge in [-0.1, -0.05) is 0 Å². The molecule has 2 aromatic heterocycles. The van der Waals surface area contributed by atoms with E-state index in [1.165, 1.54) is 17.7 Å². The minimum Gasteiger partial charge on any atom is -0.391 e. The molecule has 4 heterocycles. The Bertz CT molecular complexity index is 940. The molecular formula is C23H29N5O2. The zero-order valence-electron chi connectivity index (χ0n) is 17.5. The summed E-state index contributed by atoms with van der Waals surface area (Å²) in [6, 6.07) is 3.57. The Hall–Kier alpha value is -2.54. The molecule has 3 aliphatic rings. The summed E-state index contributed by atoms with van der Waals surface area (Å²) >= 11 is 0. The minimum atomic E-state index is -0.482. The number of piperidine rings is 2. The number of rotatable bonds is 2. The summed E-state index contributed by atoms with van der Waals surface area (Å²) in [4.78, 5) is 30.8. The molecule has 5 rings (SSSR count). The van der Waals surface area contributed by atoms with Gasteiger partial charge in [0, 0.05) is 50.0 Å². The van der Waals surface area contributed by atoms with E-state index in [0.29, 0.717) is 18.7 Å². The molecule has 1 atom stereocenters. The van der Waals surface area contributed by atoms with Crippen molar-refractivity contribution in [2.45, 2.75) is 51.6 Å². The second kappa shape index (κ2) is 7.61. The number of carbonyl (C=O) groups excluding carboxylic acids is 1. The van der Waals surface area contributed by atoms with Crippen LogP contribution in [0.1, 0.15) is 53.0 Å². The fourth-order valence-electron chi connectivity index (χ4n) is 5.47. The number of aliphatic hydroxyl groups is 1. The van der Waals surface area contributed by atoms with E-state index in [1.807, 2.05) is 4.90 Å². The molecule has 2 fully saturated rings. The molecule has 7 nitrogen and oxygen atoms in total. The highest BCUT2D eigenvalue weighted by Gasteiger charge is 2.43. The van der Waals surface area contributed by atoms with Crippen molar-refractivity contribution in [1.29, 1.82) is 0 Å². The van der Waals surface area contributed by atoms with E-state index in [2.05, 4.69) is 16.8 Å². The Labute approximate surface area is 177 Å². The zero-order valence-corrected chi connectivity index (χ0v) is 17.5. The van der Waals surface area contributed by atoms with Gasteiger partial charge in [0.05, 0.1) is 11.7 Å². The number of hydrogen-bond acceptors (Lipinski definition) is 6. The molecular weight excluding hydrogens is 378 g/mol. The van der Waals surface area contributed by atoms with Gasteiger partial charge in [-0.05, 0) is 68.6 Å². The second-order valence-electron chi connectivity index (χ2n) is 9.16. The molecule has 0 saturated carbocycles. The first-order valence-corrected chi connectivity index (χ1v) is 11.0. The first-order valence-electron chi connectivity index (χ1n) is 11.0. The van der Waals surface area contributed by atoms with Crippen LogP contribution in [0.5, 0.6) is 0 Å². The predicted octanol–water partition coefficient (Wildman–Crippen LogP) is 2.16. The molecule has 0 radical (unpaired) electrons. The van der Waals surface area contributed by atoms with Crippen LogP contribution >= 0.6 is 0 Å². The number of aromatic nitrogens is 3. The third-order valence-electron chi connectivity index (χ3n) is 7.06. The quantitative estimate of drug-likeness (QED) is 0.822. The molecule has 1 unspecified atom stereocenters. The van der Waals surface area contributed by atoms with Crippen LogP contribution in [-0.2, 0) is 12.8 Å². The smallest absolute Gasteiger partial charge is 0.255 e. The van der Waals surface area contributed by atoms with Crippen LogP contribution in [0.2, 0.25) is 0 Å². The summed E-state index contributed by atoms with van der Waals surface area (Å²) in [5.74, 6) is 0.809. The number of fused-ring (bicyclic) bond motifs is 1. The van der Waals surface area contributed by atoms with Crippen molar-refractivity contribution in [3.8, 4) is 0 Å². The highest BCUT2D eigenvalue weighted by molar-refractivity contribution is 5.94. The number of likely N-dealkylation sites (tertiary alicyclic amines) is 1. The lowest BCUT2D eigenvalue weighted by molar-refractivity contribution is -0.0151. The monoisotopic (exact) mass is 407 g/mol. The molecule has 2 aliphatic heterocycles. The first-order chi connectivity index (χ1) is 14.5. The number of amides is 1. The van der Waals surface area contributed by atoms with Crippen LogP contribution in [-0.4, -0.2) is 63.1 Å². The average molecular weight is 408 g/mol. The van der Waals surface area contributed by atoms with Crippen molar-refractivity contribution in [3.63, 3.8) is 0 Å². The molecule has 1 amide bonds. The summed E-state index contributed by atoms with van der Waals surface area (Å²) in [5, 5.41) is 10.6. The van der Waals surface area contributed by atoms with Crippen molar-refractivity contribution >= 4 is 11.9 Å². The molecule has 2 saturated heterocycles. The van der Waals surface area contributed by atoms with Gasteiger partial charge in [0.1, 0.15) is 0 Å². The van der Waals surface area contributed by atoms with Crippen molar-refractivity contribution < 1.29 is 9.90 Å². The van der Waals surface area contributed by atoms with Crippen molar-refractivity contribution in [2.24, 2.45) is 5.41 Å². The van der Waals surface area contributed by atoms with E-state index in [-0.39, 0.29) is 11.3 Å². The van der Waals surface area contributed by atoms with Crippen molar-refractivity contribution in [3.05, 3.63) is 47.0 Å². The predicted molar refractivity (Wildman–Crippen MR) is 113 cm³/mol. The average Bonchev–Trinajstić information content (AvgIpc) is 3.23. The van der Waals surface area contributed by atoms with Crippen LogP contribution in [0.15, 0.2) is 24.5 Å². The summed E-state index contributed by atoms with van der Waals surface area (Å²) < 4.78 is 0. The van der Waals surface area contributed by atoms with Crippen molar-refractivity contribution in [1.82, 2.24) is 19.9 Å². The lowest BCUT2D eigenvalue weighted by Crippen LogP contribution is -2.55.